The predicted molar refractivity (Wildman–Crippen MR) is 88.8 cm³/mol. The van der Waals surface area contributed by atoms with E-state index >= 15 is 0 Å². The van der Waals surface area contributed by atoms with Gasteiger partial charge in [-0.05, 0) is 65.3 Å². The molecule has 22 heavy (non-hydrogen) atoms. The lowest BCUT2D eigenvalue weighted by molar-refractivity contribution is 0.0287. The second kappa shape index (κ2) is 7.64. The molecule has 1 saturated heterocycles. The molecule has 0 aromatic heterocycles. The zero-order valence-electron chi connectivity index (χ0n) is 14.4. The van der Waals surface area contributed by atoms with E-state index in [2.05, 4.69) is 5.32 Å². The first-order valence-electron chi connectivity index (χ1n) is 8.80. The zero-order valence-corrected chi connectivity index (χ0v) is 14.4. The van der Waals surface area contributed by atoms with E-state index in [0.717, 1.165) is 38.9 Å². The lowest BCUT2D eigenvalue weighted by Crippen LogP contribution is -2.40. The van der Waals surface area contributed by atoms with E-state index in [1.807, 2.05) is 25.7 Å². The number of ether oxygens (including phenoxy) is 1. The monoisotopic (exact) mass is 311 g/mol. The Balaban J connectivity index is 1.63. The highest BCUT2D eigenvalue weighted by molar-refractivity contribution is 5.68. The first-order chi connectivity index (χ1) is 10.3. The zero-order chi connectivity index (χ0) is 16.2. The van der Waals surface area contributed by atoms with Crippen LogP contribution in [0.3, 0.4) is 0 Å². The van der Waals surface area contributed by atoms with Gasteiger partial charge in [-0.2, -0.15) is 0 Å². The summed E-state index contributed by atoms with van der Waals surface area (Å²) in [5.41, 5.74) is 5.62. The number of nitrogens with two attached hydrogens (primary N) is 1. The Morgan fingerprint density at radius 2 is 2.09 bits per heavy atom. The molecule has 5 nitrogen and oxygen atoms in total. The average Bonchev–Trinajstić information content (AvgIpc) is 2.86. The van der Waals surface area contributed by atoms with Crippen LogP contribution in [0.5, 0.6) is 0 Å². The molecule has 0 aromatic rings. The molecule has 1 heterocycles. The van der Waals surface area contributed by atoms with E-state index in [4.69, 9.17) is 10.5 Å². The molecule has 128 valence electrons. The lowest BCUT2D eigenvalue weighted by Gasteiger charge is -2.28. The molecule has 0 aromatic carbocycles. The molecule has 0 radical (unpaired) electrons. The van der Waals surface area contributed by atoms with Crippen molar-refractivity contribution in [2.24, 2.45) is 11.7 Å². The number of carbonyl (C=O) groups is 1. The number of amides is 1. The number of hydrogen-bond acceptors (Lipinski definition) is 4. The first kappa shape index (κ1) is 17.5. The van der Waals surface area contributed by atoms with Gasteiger partial charge in [0.05, 0.1) is 0 Å². The average molecular weight is 311 g/mol. The smallest absolute Gasteiger partial charge is 0.410 e. The molecule has 0 spiro atoms. The van der Waals surface area contributed by atoms with Gasteiger partial charge < -0.3 is 20.7 Å². The summed E-state index contributed by atoms with van der Waals surface area (Å²) in [6.45, 7) is 8.44. The van der Waals surface area contributed by atoms with Crippen LogP contribution in [0, 0.1) is 5.92 Å². The Labute approximate surface area is 134 Å². The molecule has 1 amide bonds. The summed E-state index contributed by atoms with van der Waals surface area (Å²) in [5, 5.41) is 3.65. The maximum absolute atomic E-state index is 12.0. The normalized spacial score (nSPS) is 29.6. The number of hydrogen-bond donors (Lipinski definition) is 2. The van der Waals surface area contributed by atoms with Crippen molar-refractivity contribution in [3.05, 3.63) is 0 Å². The Morgan fingerprint density at radius 3 is 2.77 bits per heavy atom. The second-order valence-corrected chi connectivity index (χ2v) is 7.95. The fourth-order valence-electron chi connectivity index (χ4n) is 3.47. The Morgan fingerprint density at radius 1 is 1.32 bits per heavy atom. The van der Waals surface area contributed by atoms with Gasteiger partial charge in [0.15, 0.2) is 0 Å². The van der Waals surface area contributed by atoms with E-state index in [-0.39, 0.29) is 6.09 Å². The third-order valence-electron chi connectivity index (χ3n) is 4.64. The van der Waals surface area contributed by atoms with Gasteiger partial charge in [0.1, 0.15) is 5.60 Å². The van der Waals surface area contributed by atoms with Gasteiger partial charge in [-0.1, -0.05) is 6.42 Å². The Hall–Kier alpha value is -0.810. The largest absolute Gasteiger partial charge is 0.444 e. The number of nitrogens with one attached hydrogen (secondary N) is 1. The molecule has 5 heteroatoms. The van der Waals surface area contributed by atoms with Gasteiger partial charge in [0.25, 0.3) is 0 Å². The molecule has 2 fully saturated rings. The second-order valence-electron chi connectivity index (χ2n) is 7.95. The molecule has 1 aliphatic carbocycles. The minimum absolute atomic E-state index is 0.166. The topological polar surface area (TPSA) is 67.6 Å². The number of likely N-dealkylation sites (tertiary alicyclic amines) is 1. The van der Waals surface area contributed by atoms with Crippen molar-refractivity contribution in [2.45, 2.75) is 77.0 Å². The van der Waals surface area contributed by atoms with Gasteiger partial charge in [-0.25, -0.2) is 4.79 Å². The minimum Gasteiger partial charge on any atom is -0.444 e. The molecule has 1 saturated carbocycles. The van der Waals surface area contributed by atoms with E-state index < -0.39 is 5.60 Å². The molecule has 3 N–H and O–H groups in total. The summed E-state index contributed by atoms with van der Waals surface area (Å²) in [4.78, 5) is 13.9. The molecule has 3 atom stereocenters. The molecule has 1 aliphatic heterocycles. The number of nitrogens with zero attached hydrogens (tertiary/aromatic N) is 1. The van der Waals surface area contributed by atoms with Gasteiger partial charge >= 0.3 is 6.09 Å². The van der Waals surface area contributed by atoms with Crippen molar-refractivity contribution in [1.29, 1.82) is 0 Å². The summed E-state index contributed by atoms with van der Waals surface area (Å²) in [6, 6.07) is 0.965. The molecular weight excluding hydrogens is 278 g/mol. The molecule has 2 aliphatic rings. The van der Waals surface area contributed by atoms with Gasteiger partial charge in [-0.15, -0.1) is 0 Å². The summed E-state index contributed by atoms with van der Waals surface area (Å²) in [5.74, 6) is 0.595. The van der Waals surface area contributed by atoms with Gasteiger partial charge in [-0.3, -0.25) is 0 Å². The third-order valence-corrected chi connectivity index (χ3v) is 4.64. The van der Waals surface area contributed by atoms with Crippen molar-refractivity contribution in [3.63, 3.8) is 0 Å². The van der Waals surface area contributed by atoms with Crippen LogP contribution >= 0.6 is 0 Å². The Bertz CT molecular complexity index is 367. The standard InChI is InChI=1S/C17H33N3O2/c1-17(2,3)22-16(21)20-10-8-13(12-20)7-9-19-15-6-4-5-14(18)11-15/h13-15,19H,4-12,18H2,1-3H3. The highest BCUT2D eigenvalue weighted by Gasteiger charge is 2.29. The van der Waals surface area contributed by atoms with Crippen LogP contribution in [0.15, 0.2) is 0 Å². The molecule has 2 rings (SSSR count). The molecular formula is C17H33N3O2. The maximum atomic E-state index is 12.0. The van der Waals surface area contributed by atoms with Crippen molar-refractivity contribution < 1.29 is 9.53 Å². The fraction of sp³-hybridized carbons (Fsp3) is 0.941. The number of carbonyl (C=O) groups excluding carboxylic acids is 1. The van der Waals surface area contributed by atoms with E-state index in [0.29, 0.717) is 18.0 Å². The van der Waals surface area contributed by atoms with Crippen molar-refractivity contribution in [2.75, 3.05) is 19.6 Å². The summed E-state index contributed by atoms with van der Waals surface area (Å²) >= 11 is 0. The van der Waals surface area contributed by atoms with Crippen molar-refractivity contribution in [1.82, 2.24) is 10.2 Å². The molecule has 0 bridgehead atoms. The highest BCUT2D eigenvalue weighted by Crippen LogP contribution is 2.22. The predicted octanol–water partition coefficient (Wildman–Crippen LogP) is 2.49. The van der Waals surface area contributed by atoms with Crippen LogP contribution in [0.4, 0.5) is 4.79 Å². The quantitative estimate of drug-likeness (QED) is 0.837. The highest BCUT2D eigenvalue weighted by atomic mass is 16.6. The van der Waals surface area contributed by atoms with Crippen LogP contribution < -0.4 is 11.1 Å². The van der Waals surface area contributed by atoms with Crippen molar-refractivity contribution >= 4 is 6.09 Å². The van der Waals surface area contributed by atoms with E-state index in [9.17, 15) is 4.79 Å². The van der Waals surface area contributed by atoms with Gasteiger partial charge in [0.2, 0.25) is 0 Å². The van der Waals surface area contributed by atoms with Crippen molar-refractivity contribution in [3.8, 4) is 0 Å². The van der Waals surface area contributed by atoms with Crippen LogP contribution in [0.25, 0.3) is 0 Å². The van der Waals surface area contributed by atoms with Crippen LogP contribution in [-0.2, 0) is 4.74 Å². The van der Waals surface area contributed by atoms with E-state index in [1.165, 1.54) is 19.3 Å². The Kier molecular flexibility index (Phi) is 6.09. The molecule has 3 unspecified atom stereocenters. The lowest BCUT2D eigenvalue weighted by atomic mass is 9.91. The summed E-state index contributed by atoms with van der Waals surface area (Å²) < 4.78 is 5.44. The van der Waals surface area contributed by atoms with Crippen LogP contribution in [0.1, 0.15) is 59.3 Å². The third kappa shape index (κ3) is 5.76. The fourth-order valence-corrected chi connectivity index (χ4v) is 3.47. The van der Waals surface area contributed by atoms with Crippen LogP contribution in [0.2, 0.25) is 0 Å². The first-order valence-corrected chi connectivity index (χ1v) is 8.80. The minimum atomic E-state index is -0.406. The van der Waals surface area contributed by atoms with Gasteiger partial charge in [0, 0.05) is 25.2 Å². The number of rotatable bonds is 4. The van der Waals surface area contributed by atoms with Crippen LogP contribution in [-0.4, -0.2) is 48.3 Å². The maximum Gasteiger partial charge on any atom is 0.410 e. The SMILES string of the molecule is CC(C)(C)OC(=O)N1CCC(CCNC2CCCC(N)C2)C1. The van der Waals surface area contributed by atoms with E-state index in [1.54, 1.807) is 0 Å². The summed E-state index contributed by atoms with van der Waals surface area (Å²) in [6.07, 6.45) is 6.83. The summed E-state index contributed by atoms with van der Waals surface area (Å²) in [7, 11) is 0.